The Kier molecular flexibility index (Phi) is 6.25. The number of ether oxygens (including phenoxy) is 1. The van der Waals surface area contributed by atoms with E-state index in [2.05, 4.69) is 17.4 Å². The van der Waals surface area contributed by atoms with Crippen molar-refractivity contribution in [1.82, 2.24) is 0 Å². The third kappa shape index (κ3) is 5.07. The number of hydrogen-bond acceptors (Lipinski definition) is 6. The number of esters is 1. The molecule has 0 aromatic heterocycles. The predicted molar refractivity (Wildman–Crippen MR) is 102 cm³/mol. The van der Waals surface area contributed by atoms with Crippen LogP contribution < -0.4 is 5.32 Å². The lowest BCUT2D eigenvalue weighted by Gasteiger charge is -2.07. The first-order chi connectivity index (χ1) is 13.4. The Labute approximate surface area is 164 Å². The zero-order valence-electron chi connectivity index (χ0n) is 14.8. The average molecular weight is 404 g/mol. The van der Waals surface area contributed by atoms with Gasteiger partial charge in [0, 0.05) is 16.6 Å². The van der Waals surface area contributed by atoms with Crippen LogP contribution in [0, 0.1) is 15.9 Å². The van der Waals surface area contributed by atoms with Crippen LogP contribution in [0.15, 0.2) is 41.3 Å². The van der Waals surface area contributed by atoms with Gasteiger partial charge >= 0.3 is 11.7 Å². The molecule has 3 rings (SSSR count). The van der Waals surface area contributed by atoms with Crippen LogP contribution in [-0.2, 0) is 27.2 Å². The van der Waals surface area contributed by atoms with Gasteiger partial charge in [-0.05, 0) is 54.7 Å². The topological polar surface area (TPSA) is 98.5 Å². The lowest BCUT2D eigenvalue weighted by Crippen LogP contribution is -2.21. The highest BCUT2D eigenvalue weighted by Gasteiger charge is 2.16. The third-order valence-electron chi connectivity index (χ3n) is 4.22. The first-order valence-corrected chi connectivity index (χ1v) is 9.55. The SMILES string of the molecule is O=C(COC(=O)CSc1ccc2c(c1)CCC2)Nc1ccc(F)c([N+](=O)[O-])c1. The molecule has 0 spiro atoms. The van der Waals surface area contributed by atoms with Crippen LogP contribution in [0.1, 0.15) is 17.5 Å². The summed E-state index contributed by atoms with van der Waals surface area (Å²) in [5, 5.41) is 13.0. The number of benzene rings is 2. The van der Waals surface area contributed by atoms with Gasteiger partial charge in [-0.15, -0.1) is 11.8 Å². The van der Waals surface area contributed by atoms with Gasteiger partial charge < -0.3 is 10.1 Å². The predicted octanol–water partition coefficient (Wildman–Crippen LogP) is 3.50. The average Bonchev–Trinajstić information content (AvgIpc) is 3.14. The lowest BCUT2D eigenvalue weighted by atomic mass is 10.1. The van der Waals surface area contributed by atoms with Gasteiger partial charge in [-0.25, -0.2) is 0 Å². The number of halogens is 1. The number of rotatable bonds is 7. The summed E-state index contributed by atoms with van der Waals surface area (Å²) >= 11 is 1.33. The van der Waals surface area contributed by atoms with Gasteiger partial charge in [0.1, 0.15) is 0 Å². The Bertz CT molecular complexity index is 935. The number of nitrogens with one attached hydrogen (secondary N) is 1. The monoisotopic (exact) mass is 404 g/mol. The number of carbonyl (C=O) groups is 2. The minimum Gasteiger partial charge on any atom is -0.455 e. The van der Waals surface area contributed by atoms with E-state index in [1.165, 1.54) is 29.0 Å². The van der Waals surface area contributed by atoms with E-state index in [4.69, 9.17) is 4.74 Å². The van der Waals surface area contributed by atoms with Crippen molar-refractivity contribution in [1.29, 1.82) is 0 Å². The summed E-state index contributed by atoms with van der Waals surface area (Å²) in [5.41, 5.74) is 1.96. The molecule has 1 aliphatic carbocycles. The van der Waals surface area contributed by atoms with Gasteiger partial charge in [0.05, 0.1) is 10.7 Å². The van der Waals surface area contributed by atoms with Crippen molar-refractivity contribution in [3.8, 4) is 0 Å². The largest absolute Gasteiger partial charge is 0.455 e. The van der Waals surface area contributed by atoms with Crippen LogP contribution in [0.25, 0.3) is 0 Å². The molecule has 1 aliphatic rings. The van der Waals surface area contributed by atoms with Gasteiger partial charge in [0.2, 0.25) is 5.82 Å². The second-order valence-electron chi connectivity index (χ2n) is 6.20. The molecule has 9 heteroatoms. The van der Waals surface area contributed by atoms with Gasteiger partial charge in [-0.3, -0.25) is 19.7 Å². The number of fused-ring (bicyclic) bond motifs is 1. The molecular formula is C19H17FN2O5S. The first-order valence-electron chi connectivity index (χ1n) is 8.56. The van der Waals surface area contributed by atoms with Crippen LogP contribution in [0.2, 0.25) is 0 Å². The van der Waals surface area contributed by atoms with Crippen molar-refractivity contribution < 1.29 is 23.6 Å². The van der Waals surface area contributed by atoms with E-state index in [-0.39, 0.29) is 11.4 Å². The minimum absolute atomic E-state index is 0.0432. The Balaban J connectivity index is 1.45. The van der Waals surface area contributed by atoms with E-state index in [1.54, 1.807) is 0 Å². The fraction of sp³-hybridized carbons (Fsp3) is 0.263. The number of nitro benzene ring substituents is 1. The quantitative estimate of drug-likeness (QED) is 0.328. The molecule has 146 valence electrons. The molecule has 1 amide bonds. The van der Waals surface area contributed by atoms with Crippen molar-refractivity contribution in [3.63, 3.8) is 0 Å². The number of amides is 1. The molecule has 0 fully saturated rings. The Morgan fingerprint density at radius 2 is 1.96 bits per heavy atom. The molecule has 0 bridgehead atoms. The van der Waals surface area contributed by atoms with Gasteiger partial charge in [0.15, 0.2) is 6.61 Å². The molecule has 28 heavy (non-hydrogen) atoms. The fourth-order valence-electron chi connectivity index (χ4n) is 2.90. The van der Waals surface area contributed by atoms with E-state index >= 15 is 0 Å². The van der Waals surface area contributed by atoms with Crippen LogP contribution in [-0.4, -0.2) is 29.2 Å². The molecule has 0 heterocycles. The molecule has 1 N–H and O–H groups in total. The fourth-order valence-corrected chi connectivity index (χ4v) is 3.65. The molecule has 0 unspecified atom stereocenters. The Hall–Kier alpha value is -2.94. The number of aryl methyl sites for hydroxylation is 2. The standard InChI is InChI=1S/C19H17FN2O5S/c20-16-7-5-14(9-17(16)22(25)26)21-18(23)10-27-19(24)11-28-15-6-4-12-2-1-3-13(12)8-15/h4-9H,1-3,10-11H2,(H,21,23). The van der Waals surface area contributed by atoms with Crippen molar-refractivity contribution in [3.05, 3.63) is 63.5 Å². The molecule has 2 aromatic rings. The zero-order valence-corrected chi connectivity index (χ0v) is 15.6. The van der Waals surface area contributed by atoms with Crippen molar-refractivity contribution in [2.75, 3.05) is 17.7 Å². The van der Waals surface area contributed by atoms with Crippen LogP contribution in [0.3, 0.4) is 0 Å². The Morgan fingerprint density at radius 3 is 2.75 bits per heavy atom. The number of anilines is 1. The molecule has 0 atom stereocenters. The normalized spacial score (nSPS) is 12.3. The summed E-state index contributed by atoms with van der Waals surface area (Å²) in [7, 11) is 0. The Morgan fingerprint density at radius 1 is 1.18 bits per heavy atom. The van der Waals surface area contributed by atoms with E-state index < -0.39 is 34.9 Å². The van der Waals surface area contributed by atoms with Gasteiger partial charge in [0.25, 0.3) is 5.91 Å². The summed E-state index contributed by atoms with van der Waals surface area (Å²) in [5.74, 6) is -2.16. The highest BCUT2D eigenvalue weighted by molar-refractivity contribution is 8.00. The first kappa shape index (κ1) is 19.8. The smallest absolute Gasteiger partial charge is 0.316 e. The summed E-state index contributed by atoms with van der Waals surface area (Å²) in [6.45, 7) is -0.533. The van der Waals surface area contributed by atoms with E-state index in [0.717, 1.165) is 36.3 Å². The zero-order chi connectivity index (χ0) is 20.1. The maximum atomic E-state index is 13.3. The molecule has 7 nitrogen and oxygen atoms in total. The summed E-state index contributed by atoms with van der Waals surface area (Å²) in [6, 6.07) is 9.09. The van der Waals surface area contributed by atoms with Crippen molar-refractivity contribution in [2.24, 2.45) is 0 Å². The summed E-state index contributed by atoms with van der Waals surface area (Å²) in [4.78, 5) is 34.5. The molecular weight excluding hydrogens is 387 g/mol. The lowest BCUT2D eigenvalue weighted by molar-refractivity contribution is -0.387. The van der Waals surface area contributed by atoms with E-state index in [1.807, 2.05) is 6.07 Å². The second-order valence-corrected chi connectivity index (χ2v) is 7.25. The van der Waals surface area contributed by atoms with Gasteiger partial charge in [-0.2, -0.15) is 4.39 Å². The number of nitro groups is 1. The van der Waals surface area contributed by atoms with Gasteiger partial charge in [-0.1, -0.05) is 6.07 Å². The van der Waals surface area contributed by atoms with Crippen LogP contribution in [0.5, 0.6) is 0 Å². The number of carbonyl (C=O) groups excluding carboxylic acids is 2. The van der Waals surface area contributed by atoms with Crippen molar-refractivity contribution >= 4 is 35.0 Å². The van der Waals surface area contributed by atoms with E-state index in [9.17, 15) is 24.1 Å². The third-order valence-corrected chi connectivity index (χ3v) is 5.18. The molecule has 0 saturated heterocycles. The number of thioether (sulfide) groups is 1. The molecule has 2 aromatic carbocycles. The highest BCUT2D eigenvalue weighted by Crippen LogP contribution is 2.27. The minimum atomic E-state index is -1.00. The molecule has 0 saturated carbocycles. The number of nitrogens with zero attached hydrogens (tertiary/aromatic N) is 1. The summed E-state index contributed by atoms with van der Waals surface area (Å²) < 4.78 is 18.2. The maximum Gasteiger partial charge on any atom is 0.316 e. The van der Waals surface area contributed by atoms with Crippen LogP contribution in [0.4, 0.5) is 15.8 Å². The van der Waals surface area contributed by atoms with Crippen LogP contribution >= 0.6 is 11.8 Å². The van der Waals surface area contributed by atoms with Crippen molar-refractivity contribution in [2.45, 2.75) is 24.2 Å². The maximum absolute atomic E-state index is 13.3. The second kappa shape index (κ2) is 8.83. The molecule has 0 aliphatic heterocycles. The van der Waals surface area contributed by atoms with E-state index in [0.29, 0.717) is 0 Å². The summed E-state index contributed by atoms with van der Waals surface area (Å²) in [6.07, 6.45) is 3.29. The number of hydrogen-bond donors (Lipinski definition) is 1. The molecule has 0 radical (unpaired) electrons. The highest BCUT2D eigenvalue weighted by atomic mass is 32.2.